The first kappa shape index (κ1) is 21.0. The molecule has 1 aromatic rings. The highest BCUT2D eigenvalue weighted by molar-refractivity contribution is 8.00. The van der Waals surface area contributed by atoms with E-state index in [2.05, 4.69) is 10.6 Å². The Morgan fingerprint density at radius 2 is 1.88 bits per heavy atom. The lowest BCUT2D eigenvalue weighted by atomic mass is 9.94. The largest absolute Gasteiger partial charge is 0.481 e. The number of amides is 2. The first-order chi connectivity index (χ1) is 11.8. The molecule has 8 heteroatoms. The topological polar surface area (TPSA) is 105 Å². The molecule has 0 heterocycles. The average Bonchev–Trinajstić information content (AvgIpc) is 2.58. The fraction of sp³-hybridized carbons (Fsp3) is 0.471. The van der Waals surface area contributed by atoms with Crippen LogP contribution in [-0.2, 0) is 14.3 Å². The predicted molar refractivity (Wildman–Crippen MR) is 95.8 cm³/mol. The summed E-state index contributed by atoms with van der Waals surface area (Å²) in [6.45, 7) is 3.97. The van der Waals surface area contributed by atoms with Crippen molar-refractivity contribution in [2.45, 2.75) is 18.7 Å². The van der Waals surface area contributed by atoms with Crippen LogP contribution in [0.1, 0.15) is 24.2 Å². The van der Waals surface area contributed by atoms with E-state index < -0.39 is 11.4 Å². The van der Waals surface area contributed by atoms with Crippen molar-refractivity contribution in [1.29, 1.82) is 0 Å². The normalized spacial score (nSPS) is 11.0. The van der Waals surface area contributed by atoms with Crippen LogP contribution in [0.25, 0.3) is 0 Å². The monoisotopic (exact) mass is 368 g/mol. The number of nitrogens with one attached hydrogen (secondary N) is 2. The van der Waals surface area contributed by atoms with Crippen LogP contribution in [0.3, 0.4) is 0 Å². The van der Waals surface area contributed by atoms with Crippen LogP contribution < -0.4 is 10.6 Å². The van der Waals surface area contributed by atoms with Crippen LogP contribution in [0.5, 0.6) is 0 Å². The first-order valence-corrected chi connectivity index (χ1v) is 8.75. The van der Waals surface area contributed by atoms with E-state index in [1.165, 1.54) is 11.8 Å². The number of hydrogen-bond acceptors (Lipinski definition) is 5. The molecule has 0 unspecified atom stereocenters. The molecule has 0 aliphatic carbocycles. The Morgan fingerprint density at radius 3 is 2.52 bits per heavy atom. The van der Waals surface area contributed by atoms with Gasteiger partial charge < -0.3 is 20.5 Å². The molecule has 0 aliphatic heterocycles. The van der Waals surface area contributed by atoms with Gasteiger partial charge in [0.1, 0.15) is 0 Å². The van der Waals surface area contributed by atoms with Crippen LogP contribution in [0.15, 0.2) is 29.2 Å². The summed E-state index contributed by atoms with van der Waals surface area (Å²) in [5.74, 6) is -1.32. The summed E-state index contributed by atoms with van der Waals surface area (Å²) in [6, 6.07) is 6.90. The number of carboxylic acid groups (broad SMARTS) is 1. The molecule has 0 saturated carbocycles. The Labute approximate surface area is 151 Å². The Morgan fingerprint density at radius 1 is 1.20 bits per heavy atom. The minimum Gasteiger partial charge on any atom is -0.481 e. The highest BCUT2D eigenvalue weighted by Crippen LogP contribution is 2.23. The third-order valence-corrected chi connectivity index (χ3v) is 4.46. The van der Waals surface area contributed by atoms with Crippen LogP contribution >= 0.6 is 11.8 Å². The fourth-order valence-corrected chi connectivity index (χ4v) is 2.62. The Bertz CT molecular complexity index is 619. The first-order valence-electron chi connectivity index (χ1n) is 7.77. The Kier molecular flexibility index (Phi) is 8.44. The molecule has 0 radical (unpaired) electrons. The number of benzene rings is 1. The molecule has 1 rings (SSSR count). The molecule has 0 fully saturated rings. The van der Waals surface area contributed by atoms with Gasteiger partial charge in [-0.25, -0.2) is 0 Å². The fourth-order valence-electron chi connectivity index (χ4n) is 1.74. The maximum absolute atomic E-state index is 12.4. The van der Waals surface area contributed by atoms with E-state index in [1.54, 1.807) is 45.2 Å². The molecule has 0 spiro atoms. The number of hydrogen-bond donors (Lipinski definition) is 3. The van der Waals surface area contributed by atoms with Crippen LogP contribution in [0.4, 0.5) is 0 Å². The van der Waals surface area contributed by atoms with Gasteiger partial charge in [-0.2, -0.15) is 0 Å². The molecular formula is C17H24N2O5S. The lowest BCUT2D eigenvalue weighted by Gasteiger charge is -2.20. The number of rotatable bonds is 10. The summed E-state index contributed by atoms with van der Waals surface area (Å²) < 4.78 is 4.86. The highest BCUT2D eigenvalue weighted by atomic mass is 32.2. The van der Waals surface area contributed by atoms with Gasteiger partial charge in [-0.3, -0.25) is 14.4 Å². The zero-order valence-corrected chi connectivity index (χ0v) is 15.4. The number of carbonyl (C=O) groups excluding carboxylic acids is 2. The third kappa shape index (κ3) is 7.15. The highest BCUT2D eigenvalue weighted by Gasteiger charge is 2.28. The summed E-state index contributed by atoms with van der Waals surface area (Å²) in [6.07, 6.45) is 0. The minimum atomic E-state index is -1.06. The SMILES string of the molecule is COCCNC(=O)CSc1ccccc1C(=O)NCC(C)(C)C(=O)O. The smallest absolute Gasteiger partial charge is 0.310 e. The van der Waals surface area contributed by atoms with Crippen molar-refractivity contribution >= 4 is 29.5 Å². The van der Waals surface area contributed by atoms with Crippen molar-refractivity contribution in [3.05, 3.63) is 29.8 Å². The summed E-state index contributed by atoms with van der Waals surface area (Å²) in [5, 5.41) is 14.5. The maximum Gasteiger partial charge on any atom is 0.310 e. The molecule has 2 amide bonds. The van der Waals surface area contributed by atoms with Crippen molar-refractivity contribution in [1.82, 2.24) is 10.6 Å². The van der Waals surface area contributed by atoms with Crippen molar-refractivity contribution in [3.8, 4) is 0 Å². The van der Waals surface area contributed by atoms with Crippen LogP contribution in [-0.4, -0.2) is 55.4 Å². The van der Waals surface area contributed by atoms with E-state index >= 15 is 0 Å². The summed E-state index contributed by atoms with van der Waals surface area (Å²) in [4.78, 5) is 35.9. The second kappa shape index (κ2) is 10.0. The van der Waals surface area contributed by atoms with E-state index in [-0.39, 0.29) is 24.1 Å². The lowest BCUT2D eigenvalue weighted by molar-refractivity contribution is -0.146. The number of methoxy groups -OCH3 is 1. The van der Waals surface area contributed by atoms with Gasteiger partial charge in [0.2, 0.25) is 5.91 Å². The van der Waals surface area contributed by atoms with Gasteiger partial charge in [0.15, 0.2) is 0 Å². The number of thioether (sulfide) groups is 1. The number of carbonyl (C=O) groups is 3. The molecule has 138 valence electrons. The van der Waals surface area contributed by atoms with Crippen molar-refractivity contribution in [3.63, 3.8) is 0 Å². The Hall–Kier alpha value is -2.06. The summed E-state index contributed by atoms with van der Waals surface area (Å²) in [5.41, 5.74) is -0.641. The zero-order chi connectivity index (χ0) is 18.9. The molecule has 3 N–H and O–H groups in total. The second-order valence-electron chi connectivity index (χ2n) is 6.00. The van der Waals surface area contributed by atoms with E-state index in [0.717, 1.165) is 0 Å². The molecule has 7 nitrogen and oxygen atoms in total. The second-order valence-corrected chi connectivity index (χ2v) is 7.02. The van der Waals surface area contributed by atoms with E-state index in [9.17, 15) is 14.4 Å². The van der Waals surface area contributed by atoms with Crippen molar-refractivity contribution in [2.75, 3.05) is 32.6 Å². The molecule has 25 heavy (non-hydrogen) atoms. The lowest BCUT2D eigenvalue weighted by Crippen LogP contribution is -2.39. The van der Waals surface area contributed by atoms with Gasteiger partial charge in [0, 0.05) is 25.1 Å². The van der Waals surface area contributed by atoms with Crippen LogP contribution in [0, 0.1) is 5.41 Å². The Balaban J connectivity index is 2.65. The van der Waals surface area contributed by atoms with Gasteiger partial charge in [0.25, 0.3) is 5.91 Å². The van der Waals surface area contributed by atoms with E-state index in [1.807, 2.05) is 0 Å². The average molecular weight is 368 g/mol. The zero-order valence-electron chi connectivity index (χ0n) is 14.6. The third-order valence-electron chi connectivity index (χ3n) is 3.39. The quantitative estimate of drug-likeness (QED) is 0.426. The molecule has 0 atom stereocenters. The number of carboxylic acids is 1. The number of ether oxygens (including phenoxy) is 1. The van der Waals surface area contributed by atoms with E-state index in [4.69, 9.17) is 9.84 Å². The standard InChI is InChI=1S/C17H24N2O5S/c1-17(2,16(22)23)11-19-15(21)12-6-4-5-7-13(12)25-10-14(20)18-8-9-24-3/h4-7H,8-11H2,1-3H3,(H,18,20)(H,19,21)(H,22,23). The van der Waals surface area contributed by atoms with E-state index in [0.29, 0.717) is 23.6 Å². The molecule has 0 aromatic heterocycles. The van der Waals surface area contributed by atoms with Gasteiger partial charge in [-0.1, -0.05) is 12.1 Å². The molecular weight excluding hydrogens is 344 g/mol. The molecule has 1 aromatic carbocycles. The minimum absolute atomic E-state index is 0.0116. The van der Waals surface area contributed by atoms with Gasteiger partial charge in [-0.15, -0.1) is 11.8 Å². The maximum atomic E-state index is 12.4. The summed E-state index contributed by atoms with van der Waals surface area (Å²) in [7, 11) is 1.56. The molecule has 0 bridgehead atoms. The molecule has 0 aliphatic rings. The van der Waals surface area contributed by atoms with Gasteiger partial charge >= 0.3 is 5.97 Å². The van der Waals surface area contributed by atoms with Crippen molar-refractivity contribution in [2.24, 2.45) is 5.41 Å². The van der Waals surface area contributed by atoms with Crippen molar-refractivity contribution < 1.29 is 24.2 Å². The van der Waals surface area contributed by atoms with Gasteiger partial charge in [0.05, 0.1) is 23.3 Å². The van der Waals surface area contributed by atoms with Gasteiger partial charge in [-0.05, 0) is 26.0 Å². The summed E-state index contributed by atoms with van der Waals surface area (Å²) >= 11 is 1.25. The number of aliphatic carboxylic acids is 1. The predicted octanol–water partition coefficient (Wildman–Crippen LogP) is 1.38. The van der Waals surface area contributed by atoms with Crippen LogP contribution in [0.2, 0.25) is 0 Å². The molecule has 0 saturated heterocycles.